The Bertz CT molecular complexity index is 882. The number of ether oxygens (including phenoxy) is 2. The van der Waals surface area contributed by atoms with Gasteiger partial charge in [-0.05, 0) is 31.2 Å². The minimum absolute atomic E-state index is 0.0250. The first-order valence-corrected chi connectivity index (χ1v) is 8.18. The highest BCUT2D eigenvalue weighted by Crippen LogP contribution is 2.34. The van der Waals surface area contributed by atoms with Gasteiger partial charge in [-0.1, -0.05) is 23.7 Å². The predicted octanol–water partition coefficient (Wildman–Crippen LogP) is 3.20. The summed E-state index contributed by atoms with van der Waals surface area (Å²) in [4.78, 5) is 24.1. The van der Waals surface area contributed by atoms with Gasteiger partial charge in [0.15, 0.2) is 11.5 Å². The van der Waals surface area contributed by atoms with Crippen molar-refractivity contribution in [2.45, 2.75) is 13.3 Å². The minimum Gasteiger partial charge on any atom is -0.454 e. The average molecular weight is 374 g/mol. The molecule has 0 atom stereocenters. The van der Waals surface area contributed by atoms with Crippen LogP contribution in [0.15, 0.2) is 47.6 Å². The van der Waals surface area contributed by atoms with E-state index >= 15 is 0 Å². The van der Waals surface area contributed by atoms with Gasteiger partial charge in [-0.3, -0.25) is 9.59 Å². The van der Waals surface area contributed by atoms with Gasteiger partial charge < -0.3 is 14.8 Å². The molecular weight excluding hydrogens is 358 g/mol. The van der Waals surface area contributed by atoms with Crippen molar-refractivity contribution in [2.24, 2.45) is 5.10 Å². The second-order valence-electron chi connectivity index (χ2n) is 5.56. The Balaban J connectivity index is 1.54. The highest BCUT2D eigenvalue weighted by molar-refractivity contribution is 6.33. The molecule has 0 spiro atoms. The number of carbonyl (C=O) groups excluding carboxylic acids is 2. The number of benzene rings is 2. The molecular formula is C18H16ClN3O4. The molecule has 2 aromatic rings. The summed E-state index contributed by atoms with van der Waals surface area (Å²) in [6.07, 6.45) is 0.0250. The largest absolute Gasteiger partial charge is 0.454 e. The molecule has 134 valence electrons. The molecule has 2 amide bonds. The van der Waals surface area contributed by atoms with E-state index in [0.717, 1.165) is 0 Å². The summed E-state index contributed by atoms with van der Waals surface area (Å²) in [5.74, 6) is 0.520. The average Bonchev–Trinajstić information content (AvgIpc) is 3.07. The number of nitrogens with zero attached hydrogens (tertiary/aromatic N) is 1. The number of hydrogen-bond donors (Lipinski definition) is 2. The third kappa shape index (κ3) is 4.31. The summed E-state index contributed by atoms with van der Waals surface area (Å²) in [6.45, 7) is 1.82. The summed E-state index contributed by atoms with van der Waals surface area (Å²) in [5, 5.41) is 7.01. The van der Waals surface area contributed by atoms with Gasteiger partial charge in [-0.2, -0.15) is 5.10 Å². The number of rotatable bonds is 5. The molecule has 3 rings (SSSR count). The van der Waals surface area contributed by atoms with Crippen LogP contribution in [0.25, 0.3) is 0 Å². The zero-order valence-corrected chi connectivity index (χ0v) is 14.7. The summed E-state index contributed by atoms with van der Waals surface area (Å²) >= 11 is 5.96. The molecule has 0 saturated carbocycles. The van der Waals surface area contributed by atoms with Crippen molar-refractivity contribution < 1.29 is 19.1 Å². The van der Waals surface area contributed by atoms with Crippen LogP contribution < -0.4 is 20.2 Å². The van der Waals surface area contributed by atoms with Crippen molar-refractivity contribution >= 4 is 34.8 Å². The third-order valence-corrected chi connectivity index (χ3v) is 3.87. The van der Waals surface area contributed by atoms with Crippen LogP contribution >= 0.6 is 11.6 Å². The number of halogens is 1. The Labute approximate surface area is 154 Å². The molecule has 2 N–H and O–H groups in total. The van der Waals surface area contributed by atoms with E-state index in [0.29, 0.717) is 33.5 Å². The van der Waals surface area contributed by atoms with Gasteiger partial charge in [0.25, 0.3) is 5.91 Å². The monoisotopic (exact) mass is 373 g/mol. The fourth-order valence-corrected chi connectivity index (χ4v) is 2.52. The normalized spacial score (nSPS) is 12.6. The lowest BCUT2D eigenvalue weighted by molar-refractivity contribution is -0.115. The van der Waals surface area contributed by atoms with Crippen LogP contribution in [0, 0.1) is 0 Å². The molecule has 0 fully saturated rings. The number of nitrogens with one attached hydrogen (secondary N) is 2. The predicted molar refractivity (Wildman–Crippen MR) is 97.8 cm³/mol. The van der Waals surface area contributed by atoms with Crippen LogP contribution in [0.2, 0.25) is 5.02 Å². The highest BCUT2D eigenvalue weighted by Gasteiger charge is 2.14. The van der Waals surface area contributed by atoms with Crippen molar-refractivity contribution in [1.29, 1.82) is 0 Å². The number of fused-ring (bicyclic) bond motifs is 1. The number of carbonyl (C=O) groups is 2. The molecule has 26 heavy (non-hydrogen) atoms. The molecule has 8 heteroatoms. The van der Waals surface area contributed by atoms with E-state index < -0.39 is 5.91 Å². The molecule has 2 aromatic carbocycles. The molecule has 1 heterocycles. The van der Waals surface area contributed by atoms with E-state index in [1.165, 1.54) is 0 Å². The summed E-state index contributed by atoms with van der Waals surface area (Å²) in [6, 6.07) is 11.8. The lowest BCUT2D eigenvalue weighted by atomic mass is 10.2. The highest BCUT2D eigenvalue weighted by atomic mass is 35.5. The second kappa shape index (κ2) is 7.88. The third-order valence-electron chi connectivity index (χ3n) is 3.54. The molecule has 7 nitrogen and oxygen atoms in total. The number of amides is 2. The van der Waals surface area contributed by atoms with E-state index in [4.69, 9.17) is 21.1 Å². The van der Waals surface area contributed by atoms with Crippen LogP contribution in [-0.4, -0.2) is 24.3 Å². The van der Waals surface area contributed by atoms with Crippen molar-refractivity contribution in [3.63, 3.8) is 0 Å². The standard InChI is InChI=1S/C18H16ClN3O4/c1-11(21-22-18(24)13-4-2-3-5-14(13)19)8-17(23)20-12-6-7-15-16(9-12)26-10-25-15/h2-7,9H,8,10H2,1H3,(H,20,23)(H,22,24)/b21-11+. The summed E-state index contributed by atoms with van der Waals surface area (Å²) in [5.41, 5.74) is 3.74. The molecule has 0 unspecified atom stereocenters. The lowest BCUT2D eigenvalue weighted by Gasteiger charge is -2.07. The van der Waals surface area contributed by atoms with E-state index in [1.54, 1.807) is 49.4 Å². The Morgan fingerprint density at radius 2 is 1.92 bits per heavy atom. The molecule has 1 aliphatic rings. The van der Waals surface area contributed by atoms with Crippen molar-refractivity contribution in [1.82, 2.24) is 5.43 Å². The minimum atomic E-state index is -0.439. The van der Waals surface area contributed by atoms with Crippen molar-refractivity contribution in [2.75, 3.05) is 12.1 Å². The van der Waals surface area contributed by atoms with Gasteiger partial charge in [-0.25, -0.2) is 5.43 Å². The fraction of sp³-hybridized carbons (Fsp3) is 0.167. The van der Waals surface area contributed by atoms with Crippen molar-refractivity contribution in [3.8, 4) is 11.5 Å². The molecule has 1 aliphatic heterocycles. The fourth-order valence-electron chi connectivity index (χ4n) is 2.30. The van der Waals surface area contributed by atoms with E-state index in [-0.39, 0.29) is 19.1 Å². The maximum absolute atomic E-state index is 12.1. The number of anilines is 1. The quantitative estimate of drug-likeness (QED) is 0.622. The van der Waals surface area contributed by atoms with Gasteiger partial charge in [0.1, 0.15) is 0 Å². The van der Waals surface area contributed by atoms with Gasteiger partial charge in [0.2, 0.25) is 12.7 Å². The smallest absolute Gasteiger partial charge is 0.272 e. The molecule has 0 radical (unpaired) electrons. The SMILES string of the molecule is C/C(CC(=O)Nc1ccc2c(c1)OCO2)=N\NC(=O)c1ccccc1Cl. The van der Waals surface area contributed by atoms with E-state index in [2.05, 4.69) is 15.8 Å². The number of hydrogen-bond acceptors (Lipinski definition) is 5. The Morgan fingerprint density at radius 3 is 2.73 bits per heavy atom. The Morgan fingerprint density at radius 1 is 1.15 bits per heavy atom. The van der Waals surface area contributed by atoms with Crippen LogP contribution in [0.3, 0.4) is 0 Å². The van der Waals surface area contributed by atoms with Crippen LogP contribution in [0.1, 0.15) is 23.7 Å². The molecule has 0 aliphatic carbocycles. The Hall–Kier alpha value is -3.06. The van der Waals surface area contributed by atoms with Crippen molar-refractivity contribution in [3.05, 3.63) is 53.1 Å². The zero-order valence-electron chi connectivity index (χ0n) is 13.9. The molecule has 0 saturated heterocycles. The first-order valence-electron chi connectivity index (χ1n) is 7.80. The van der Waals surface area contributed by atoms with Gasteiger partial charge in [0.05, 0.1) is 17.0 Å². The maximum atomic E-state index is 12.1. The van der Waals surface area contributed by atoms with E-state index in [9.17, 15) is 9.59 Å². The van der Waals surface area contributed by atoms with Gasteiger partial charge in [-0.15, -0.1) is 0 Å². The van der Waals surface area contributed by atoms with Crippen LogP contribution in [-0.2, 0) is 4.79 Å². The first-order chi connectivity index (χ1) is 12.5. The van der Waals surface area contributed by atoms with Gasteiger partial charge in [0, 0.05) is 17.5 Å². The first kappa shape index (κ1) is 17.8. The van der Waals surface area contributed by atoms with Crippen LogP contribution in [0.5, 0.6) is 11.5 Å². The zero-order chi connectivity index (χ0) is 18.5. The lowest BCUT2D eigenvalue weighted by Crippen LogP contribution is -2.21. The Kier molecular flexibility index (Phi) is 5.38. The van der Waals surface area contributed by atoms with Crippen LogP contribution in [0.4, 0.5) is 5.69 Å². The molecule has 0 bridgehead atoms. The summed E-state index contributed by atoms with van der Waals surface area (Å²) < 4.78 is 10.5. The topological polar surface area (TPSA) is 89.0 Å². The second-order valence-corrected chi connectivity index (χ2v) is 5.97. The number of hydrazone groups is 1. The summed E-state index contributed by atoms with van der Waals surface area (Å²) in [7, 11) is 0. The van der Waals surface area contributed by atoms with Gasteiger partial charge >= 0.3 is 0 Å². The molecule has 0 aromatic heterocycles. The van der Waals surface area contributed by atoms with E-state index in [1.807, 2.05) is 0 Å². The maximum Gasteiger partial charge on any atom is 0.272 e.